The summed E-state index contributed by atoms with van der Waals surface area (Å²) in [6.45, 7) is 0.431. The summed E-state index contributed by atoms with van der Waals surface area (Å²) in [6, 6.07) is 12.3. The van der Waals surface area contributed by atoms with Gasteiger partial charge in [0.15, 0.2) is 0 Å². The Bertz CT molecular complexity index is 982. The average Bonchev–Trinajstić information content (AvgIpc) is 3.00. The van der Waals surface area contributed by atoms with Crippen molar-refractivity contribution in [2.24, 2.45) is 0 Å². The van der Waals surface area contributed by atoms with E-state index in [-0.39, 0.29) is 43.7 Å². The molecule has 7 heteroatoms. The third-order valence-corrected chi connectivity index (χ3v) is 4.92. The molecule has 2 aliphatic heterocycles. The van der Waals surface area contributed by atoms with Gasteiger partial charge >= 0.3 is 0 Å². The van der Waals surface area contributed by atoms with Crippen LogP contribution in [0.5, 0.6) is 5.75 Å². The zero-order valence-corrected chi connectivity index (χ0v) is 15.7. The standard InChI is InChI=1S/C21H17ClN2O4/c22-16-3-6-18-14(10-16)9-15(12-28-18)21(27)23-17-4-1-13(2-5-17)11-24-19(25)7-8-20(24)26/h1-6,9-10H,7-8,11-12H2,(H,23,27). The van der Waals surface area contributed by atoms with Gasteiger partial charge in [0.05, 0.1) is 12.1 Å². The predicted molar refractivity (Wildman–Crippen MR) is 105 cm³/mol. The number of halogens is 1. The van der Waals surface area contributed by atoms with E-state index in [1.54, 1.807) is 48.5 Å². The molecule has 2 aromatic rings. The number of nitrogens with one attached hydrogen (secondary N) is 1. The Morgan fingerprint density at radius 2 is 1.79 bits per heavy atom. The molecule has 142 valence electrons. The van der Waals surface area contributed by atoms with Crippen molar-refractivity contribution in [3.05, 3.63) is 64.2 Å². The molecule has 0 unspecified atom stereocenters. The number of imide groups is 1. The molecular formula is C21H17ClN2O4. The van der Waals surface area contributed by atoms with Gasteiger partial charge in [-0.3, -0.25) is 19.3 Å². The monoisotopic (exact) mass is 396 g/mol. The highest BCUT2D eigenvalue weighted by Gasteiger charge is 2.28. The molecule has 0 spiro atoms. The molecule has 2 heterocycles. The summed E-state index contributed by atoms with van der Waals surface area (Å²) in [5, 5.41) is 3.40. The molecule has 3 amide bonds. The number of fused-ring (bicyclic) bond motifs is 1. The number of hydrogen-bond acceptors (Lipinski definition) is 4. The Balaban J connectivity index is 1.42. The van der Waals surface area contributed by atoms with Crippen molar-refractivity contribution >= 4 is 41.1 Å². The Labute approximate surface area is 166 Å². The van der Waals surface area contributed by atoms with Crippen LogP contribution in [-0.2, 0) is 20.9 Å². The number of likely N-dealkylation sites (tertiary alicyclic amines) is 1. The number of hydrogen-bond donors (Lipinski definition) is 1. The molecule has 6 nitrogen and oxygen atoms in total. The first-order valence-corrected chi connectivity index (χ1v) is 9.24. The summed E-state index contributed by atoms with van der Waals surface area (Å²) in [6.07, 6.45) is 2.32. The zero-order chi connectivity index (χ0) is 19.7. The summed E-state index contributed by atoms with van der Waals surface area (Å²) < 4.78 is 5.61. The molecule has 2 aliphatic rings. The third kappa shape index (κ3) is 3.77. The van der Waals surface area contributed by atoms with Crippen LogP contribution < -0.4 is 10.1 Å². The number of ether oxygens (including phenoxy) is 1. The van der Waals surface area contributed by atoms with Crippen LogP contribution in [0.3, 0.4) is 0 Å². The lowest BCUT2D eigenvalue weighted by atomic mass is 10.1. The van der Waals surface area contributed by atoms with Crippen LogP contribution in [0.2, 0.25) is 5.02 Å². The molecular weight excluding hydrogens is 380 g/mol. The fraction of sp³-hybridized carbons (Fsp3) is 0.190. The highest BCUT2D eigenvalue weighted by atomic mass is 35.5. The van der Waals surface area contributed by atoms with Crippen molar-refractivity contribution in [2.45, 2.75) is 19.4 Å². The maximum atomic E-state index is 12.5. The van der Waals surface area contributed by atoms with Gasteiger partial charge in [-0.05, 0) is 42.0 Å². The summed E-state index contributed by atoms with van der Waals surface area (Å²) >= 11 is 6.00. The average molecular weight is 397 g/mol. The van der Waals surface area contributed by atoms with Gasteiger partial charge in [-0.15, -0.1) is 0 Å². The lowest BCUT2D eigenvalue weighted by Gasteiger charge is -2.18. The first-order valence-electron chi connectivity index (χ1n) is 8.86. The van der Waals surface area contributed by atoms with Crippen molar-refractivity contribution < 1.29 is 19.1 Å². The van der Waals surface area contributed by atoms with E-state index in [9.17, 15) is 14.4 Å². The highest BCUT2D eigenvalue weighted by molar-refractivity contribution is 6.30. The van der Waals surface area contributed by atoms with Crippen LogP contribution in [-0.4, -0.2) is 29.2 Å². The molecule has 0 bridgehead atoms. The molecule has 1 fully saturated rings. The van der Waals surface area contributed by atoms with E-state index in [0.29, 0.717) is 22.0 Å². The molecule has 2 aromatic carbocycles. The summed E-state index contributed by atoms with van der Waals surface area (Å²) in [5.74, 6) is 0.138. The first kappa shape index (κ1) is 18.3. The van der Waals surface area contributed by atoms with Crippen LogP contribution in [0.4, 0.5) is 5.69 Å². The molecule has 28 heavy (non-hydrogen) atoms. The van der Waals surface area contributed by atoms with Crippen LogP contribution in [0.25, 0.3) is 6.08 Å². The minimum absolute atomic E-state index is 0.146. The van der Waals surface area contributed by atoms with E-state index in [2.05, 4.69) is 5.32 Å². The smallest absolute Gasteiger partial charge is 0.255 e. The van der Waals surface area contributed by atoms with Gasteiger partial charge in [0.1, 0.15) is 12.4 Å². The Morgan fingerprint density at radius 3 is 2.50 bits per heavy atom. The molecule has 0 aliphatic carbocycles. The lowest BCUT2D eigenvalue weighted by Crippen LogP contribution is -2.28. The second-order valence-electron chi connectivity index (χ2n) is 6.67. The van der Waals surface area contributed by atoms with Crippen molar-refractivity contribution in [1.82, 2.24) is 4.90 Å². The van der Waals surface area contributed by atoms with E-state index < -0.39 is 0 Å². The number of amides is 3. The van der Waals surface area contributed by atoms with Crippen LogP contribution in [0.1, 0.15) is 24.0 Å². The van der Waals surface area contributed by atoms with Crippen molar-refractivity contribution in [2.75, 3.05) is 11.9 Å². The van der Waals surface area contributed by atoms with Gasteiger partial charge in [-0.2, -0.15) is 0 Å². The quantitative estimate of drug-likeness (QED) is 0.803. The van der Waals surface area contributed by atoms with Gasteiger partial charge in [0, 0.05) is 29.1 Å². The van der Waals surface area contributed by atoms with E-state index in [1.807, 2.05) is 0 Å². The zero-order valence-electron chi connectivity index (χ0n) is 14.9. The van der Waals surface area contributed by atoms with Crippen molar-refractivity contribution in [3.8, 4) is 5.75 Å². The van der Waals surface area contributed by atoms with E-state index >= 15 is 0 Å². The van der Waals surface area contributed by atoms with Gasteiger partial charge < -0.3 is 10.1 Å². The van der Waals surface area contributed by atoms with Gasteiger partial charge in [0.2, 0.25) is 11.8 Å². The normalized spacial score (nSPS) is 15.8. The number of benzene rings is 2. The van der Waals surface area contributed by atoms with Gasteiger partial charge in [0.25, 0.3) is 5.91 Å². The Hall–Kier alpha value is -3.12. The number of anilines is 1. The van der Waals surface area contributed by atoms with Crippen LogP contribution in [0, 0.1) is 0 Å². The van der Waals surface area contributed by atoms with Crippen LogP contribution in [0.15, 0.2) is 48.0 Å². The minimum atomic E-state index is -0.261. The van der Waals surface area contributed by atoms with Gasteiger partial charge in [-0.25, -0.2) is 0 Å². The van der Waals surface area contributed by atoms with Crippen molar-refractivity contribution in [1.29, 1.82) is 0 Å². The predicted octanol–water partition coefficient (Wildman–Crippen LogP) is 3.40. The fourth-order valence-electron chi connectivity index (χ4n) is 3.17. The maximum absolute atomic E-state index is 12.5. The second kappa shape index (κ2) is 7.48. The Morgan fingerprint density at radius 1 is 1.07 bits per heavy atom. The van der Waals surface area contributed by atoms with Gasteiger partial charge in [-0.1, -0.05) is 23.7 Å². The van der Waals surface area contributed by atoms with E-state index in [1.165, 1.54) is 4.90 Å². The van der Waals surface area contributed by atoms with Crippen molar-refractivity contribution in [3.63, 3.8) is 0 Å². The molecule has 0 radical (unpaired) electrons. The lowest BCUT2D eigenvalue weighted by molar-refractivity contribution is -0.139. The van der Waals surface area contributed by atoms with Crippen LogP contribution >= 0.6 is 11.6 Å². The number of nitrogens with zero attached hydrogens (tertiary/aromatic N) is 1. The third-order valence-electron chi connectivity index (χ3n) is 4.68. The summed E-state index contributed by atoms with van der Waals surface area (Å²) in [4.78, 5) is 37.2. The maximum Gasteiger partial charge on any atom is 0.255 e. The number of carbonyl (C=O) groups is 3. The largest absolute Gasteiger partial charge is 0.488 e. The fourth-order valence-corrected chi connectivity index (χ4v) is 3.35. The molecule has 0 saturated carbocycles. The minimum Gasteiger partial charge on any atom is -0.488 e. The SMILES string of the molecule is O=C(Nc1ccc(CN2C(=O)CCC2=O)cc1)C1=Cc2cc(Cl)ccc2OC1. The molecule has 0 atom stereocenters. The highest BCUT2D eigenvalue weighted by Crippen LogP contribution is 2.29. The molecule has 4 rings (SSSR count). The Kier molecular flexibility index (Phi) is 4.88. The first-order chi connectivity index (χ1) is 13.5. The molecule has 1 saturated heterocycles. The van der Waals surface area contributed by atoms with E-state index in [0.717, 1.165) is 11.1 Å². The summed E-state index contributed by atoms with van der Waals surface area (Å²) in [5.41, 5.74) is 2.70. The number of carbonyl (C=O) groups excluding carboxylic acids is 3. The summed E-state index contributed by atoms with van der Waals surface area (Å²) in [7, 11) is 0. The van der Waals surface area contributed by atoms with E-state index in [4.69, 9.17) is 16.3 Å². The topological polar surface area (TPSA) is 75.7 Å². The molecule has 1 N–H and O–H groups in total. The molecule has 0 aromatic heterocycles. The number of rotatable bonds is 4. The second-order valence-corrected chi connectivity index (χ2v) is 7.10.